The molecule has 1 N–H and O–H groups in total. The van der Waals surface area contributed by atoms with Gasteiger partial charge in [0.1, 0.15) is 4.32 Å². The highest BCUT2D eigenvalue weighted by Crippen LogP contribution is 2.38. The van der Waals surface area contributed by atoms with Crippen LogP contribution >= 0.6 is 24.0 Å². The number of rotatable bonds is 3. The molecule has 0 aromatic heterocycles. The Morgan fingerprint density at radius 1 is 1.53 bits per heavy atom. The summed E-state index contributed by atoms with van der Waals surface area (Å²) in [5, 5.41) is 10.8. The topological polar surface area (TPSA) is 23.5 Å². The first-order chi connectivity index (χ1) is 8.08. The van der Waals surface area contributed by atoms with Crippen molar-refractivity contribution in [1.29, 1.82) is 0 Å². The van der Waals surface area contributed by atoms with Gasteiger partial charge in [-0.1, -0.05) is 59.9 Å². The van der Waals surface area contributed by atoms with Crippen LogP contribution in [0.3, 0.4) is 0 Å². The first-order valence-electron chi connectivity index (χ1n) is 5.43. The van der Waals surface area contributed by atoms with Gasteiger partial charge in [-0.25, -0.2) is 0 Å². The van der Waals surface area contributed by atoms with Crippen molar-refractivity contribution in [2.24, 2.45) is 0 Å². The Labute approximate surface area is 111 Å². The first kappa shape index (κ1) is 12.6. The second kappa shape index (κ2) is 4.80. The molecule has 1 atom stereocenters. The summed E-state index contributed by atoms with van der Waals surface area (Å²) in [7, 11) is 0. The van der Waals surface area contributed by atoms with Crippen LogP contribution in [0, 0.1) is 6.92 Å². The lowest BCUT2D eigenvalue weighted by molar-refractivity contribution is -0.0410. The lowest BCUT2D eigenvalue weighted by atomic mass is 10.0. The standard InChI is InChI=1S/C13H15NOS2/c1-3-8-14-12(16)17-9-13(14,15)11-6-4-10(2)5-7-11/h3-7,15H,1,8-9H2,2H3. The highest BCUT2D eigenvalue weighted by atomic mass is 32.2. The molecule has 17 heavy (non-hydrogen) atoms. The molecular weight excluding hydrogens is 250 g/mol. The summed E-state index contributed by atoms with van der Waals surface area (Å²) in [6, 6.07) is 7.93. The predicted molar refractivity (Wildman–Crippen MR) is 77.0 cm³/mol. The van der Waals surface area contributed by atoms with E-state index < -0.39 is 5.72 Å². The molecule has 0 amide bonds. The molecule has 1 heterocycles. The molecule has 0 radical (unpaired) electrons. The molecule has 0 aliphatic carbocycles. The Balaban J connectivity index is 2.37. The average Bonchev–Trinajstić information content (AvgIpc) is 2.60. The van der Waals surface area contributed by atoms with Gasteiger partial charge >= 0.3 is 0 Å². The van der Waals surface area contributed by atoms with E-state index >= 15 is 0 Å². The number of thioether (sulfide) groups is 1. The molecule has 0 spiro atoms. The van der Waals surface area contributed by atoms with Crippen molar-refractivity contribution in [3.05, 3.63) is 48.0 Å². The Bertz CT molecular complexity index is 443. The minimum absolute atomic E-state index is 0.566. The molecule has 4 heteroatoms. The van der Waals surface area contributed by atoms with Crippen LogP contribution in [0.5, 0.6) is 0 Å². The van der Waals surface area contributed by atoms with E-state index in [-0.39, 0.29) is 0 Å². The Hall–Kier alpha value is -0.840. The minimum atomic E-state index is -0.996. The smallest absolute Gasteiger partial charge is 0.175 e. The van der Waals surface area contributed by atoms with Gasteiger partial charge in [0.25, 0.3) is 0 Å². The van der Waals surface area contributed by atoms with E-state index in [4.69, 9.17) is 12.2 Å². The maximum Gasteiger partial charge on any atom is 0.175 e. The number of thiocarbonyl (C=S) groups is 1. The van der Waals surface area contributed by atoms with Crippen LogP contribution < -0.4 is 0 Å². The zero-order chi connectivity index (χ0) is 12.5. The van der Waals surface area contributed by atoms with Crippen LogP contribution in [0.1, 0.15) is 11.1 Å². The highest BCUT2D eigenvalue weighted by molar-refractivity contribution is 8.23. The molecule has 1 unspecified atom stereocenters. The summed E-state index contributed by atoms with van der Waals surface area (Å²) in [4.78, 5) is 1.82. The lowest BCUT2D eigenvalue weighted by Crippen LogP contribution is -2.44. The largest absolute Gasteiger partial charge is 0.366 e. The fourth-order valence-corrected chi connectivity index (χ4v) is 3.31. The molecule has 2 nitrogen and oxygen atoms in total. The number of hydrogen-bond acceptors (Lipinski definition) is 3. The van der Waals surface area contributed by atoms with Crippen molar-refractivity contribution in [3.8, 4) is 0 Å². The molecule has 1 aromatic rings. The third kappa shape index (κ3) is 2.25. The van der Waals surface area contributed by atoms with E-state index in [1.54, 1.807) is 6.08 Å². The molecule has 1 fully saturated rings. The number of aryl methyl sites for hydroxylation is 1. The molecule has 0 bridgehead atoms. The van der Waals surface area contributed by atoms with Crippen LogP contribution in [0.25, 0.3) is 0 Å². The maximum absolute atomic E-state index is 10.8. The summed E-state index contributed by atoms with van der Waals surface area (Å²) < 4.78 is 0.730. The van der Waals surface area contributed by atoms with Gasteiger partial charge in [-0.2, -0.15) is 0 Å². The molecule has 1 aromatic carbocycles. The van der Waals surface area contributed by atoms with Crippen LogP contribution in [0.15, 0.2) is 36.9 Å². The Kier molecular flexibility index (Phi) is 3.56. The number of nitrogens with zero attached hydrogens (tertiary/aromatic N) is 1. The minimum Gasteiger partial charge on any atom is -0.366 e. The zero-order valence-electron chi connectivity index (χ0n) is 9.72. The second-order valence-electron chi connectivity index (χ2n) is 4.14. The van der Waals surface area contributed by atoms with Gasteiger partial charge in [0.2, 0.25) is 0 Å². The van der Waals surface area contributed by atoms with E-state index in [9.17, 15) is 5.11 Å². The van der Waals surface area contributed by atoms with E-state index in [0.29, 0.717) is 12.3 Å². The molecule has 1 aliphatic heterocycles. The summed E-state index contributed by atoms with van der Waals surface area (Å²) >= 11 is 6.77. The molecular formula is C13H15NOS2. The van der Waals surface area contributed by atoms with Crippen molar-refractivity contribution in [3.63, 3.8) is 0 Å². The predicted octanol–water partition coefficient (Wildman–Crippen LogP) is 2.66. The summed E-state index contributed by atoms with van der Waals surface area (Å²) in [5.74, 6) is 0.572. The summed E-state index contributed by atoms with van der Waals surface area (Å²) in [6.45, 7) is 6.31. The van der Waals surface area contributed by atoms with Crippen molar-refractivity contribution < 1.29 is 5.11 Å². The second-order valence-corrected chi connectivity index (χ2v) is 5.75. The first-order valence-corrected chi connectivity index (χ1v) is 6.82. The third-order valence-electron chi connectivity index (χ3n) is 2.89. The van der Waals surface area contributed by atoms with Crippen molar-refractivity contribution >= 4 is 28.3 Å². The quantitative estimate of drug-likeness (QED) is 0.670. The van der Waals surface area contributed by atoms with Crippen molar-refractivity contribution in [1.82, 2.24) is 4.90 Å². The van der Waals surface area contributed by atoms with Crippen LogP contribution in [-0.4, -0.2) is 26.6 Å². The highest BCUT2D eigenvalue weighted by Gasteiger charge is 2.43. The van der Waals surface area contributed by atoms with Gasteiger partial charge in [0.05, 0.1) is 5.75 Å². The summed E-state index contributed by atoms with van der Waals surface area (Å²) in [5.41, 5.74) is 1.07. The molecule has 0 saturated carbocycles. The van der Waals surface area contributed by atoms with Crippen LogP contribution in [0.4, 0.5) is 0 Å². The Morgan fingerprint density at radius 3 is 2.76 bits per heavy atom. The van der Waals surface area contributed by atoms with Crippen LogP contribution in [-0.2, 0) is 5.72 Å². The lowest BCUT2D eigenvalue weighted by Gasteiger charge is -2.33. The van der Waals surface area contributed by atoms with Gasteiger partial charge in [0, 0.05) is 12.1 Å². The van der Waals surface area contributed by atoms with Crippen LogP contribution in [0.2, 0.25) is 0 Å². The molecule has 1 aliphatic rings. The third-order valence-corrected chi connectivity index (χ3v) is 4.48. The van der Waals surface area contributed by atoms with Gasteiger partial charge < -0.3 is 10.0 Å². The number of benzene rings is 1. The van der Waals surface area contributed by atoms with Gasteiger partial charge in [-0.05, 0) is 6.92 Å². The van der Waals surface area contributed by atoms with Crippen molar-refractivity contribution in [2.75, 3.05) is 12.3 Å². The SMILES string of the molecule is C=CCN1C(=S)SCC1(O)c1ccc(C)cc1. The van der Waals surface area contributed by atoms with E-state index in [1.165, 1.54) is 17.3 Å². The maximum atomic E-state index is 10.8. The van der Waals surface area contributed by atoms with Gasteiger partial charge in [0.15, 0.2) is 5.72 Å². The number of hydrogen-bond donors (Lipinski definition) is 1. The fourth-order valence-electron chi connectivity index (χ4n) is 1.88. The van der Waals surface area contributed by atoms with E-state index in [2.05, 4.69) is 6.58 Å². The summed E-state index contributed by atoms with van der Waals surface area (Å²) in [6.07, 6.45) is 1.76. The van der Waals surface area contributed by atoms with Gasteiger partial charge in [-0.3, -0.25) is 0 Å². The number of aliphatic hydroxyl groups is 1. The molecule has 1 saturated heterocycles. The van der Waals surface area contributed by atoms with E-state index in [1.807, 2.05) is 36.1 Å². The molecule has 2 rings (SSSR count). The van der Waals surface area contributed by atoms with Crippen molar-refractivity contribution in [2.45, 2.75) is 12.6 Å². The Morgan fingerprint density at radius 2 is 2.18 bits per heavy atom. The zero-order valence-corrected chi connectivity index (χ0v) is 11.4. The average molecular weight is 265 g/mol. The molecule has 90 valence electrons. The normalized spacial score (nSPS) is 24.1. The fraction of sp³-hybridized carbons (Fsp3) is 0.308. The van der Waals surface area contributed by atoms with E-state index in [0.717, 1.165) is 9.88 Å². The monoisotopic (exact) mass is 265 g/mol. The van der Waals surface area contributed by atoms with Gasteiger partial charge in [-0.15, -0.1) is 6.58 Å².